The molecular formula is C19H31N3O3. The Labute approximate surface area is 151 Å². The summed E-state index contributed by atoms with van der Waals surface area (Å²) in [6.07, 6.45) is 0. The van der Waals surface area contributed by atoms with Crippen molar-refractivity contribution in [3.8, 4) is 0 Å². The van der Waals surface area contributed by atoms with Crippen LogP contribution in [0.2, 0.25) is 0 Å². The summed E-state index contributed by atoms with van der Waals surface area (Å²) in [6.45, 7) is 7.71. The second-order valence-corrected chi connectivity index (χ2v) is 7.26. The summed E-state index contributed by atoms with van der Waals surface area (Å²) in [5.74, 6) is -0.110. The molecule has 0 aliphatic rings. The van der Waals surface area contributed by atoms with Crippen LogP contribution < -0.4 is 5.32 Å². The van der Waals surface area contributed by atoms with Gasteiger partial charge in [-0.15, -0.1) is 0 Å². The van der Waals surface area contributed by atoms with Gasteiger partial charge in [0.15, 0.2) is 0 Å². The molecule has 0 spiro atoms. The van der Waals surface area contributed by atoms with E-state index in [9.17, 15) is 9.59 Å². The van der Waals surface area contributed by atoms with Crippen molar-refractivity contribution < 1.29 is 14.3 Å². The van der Waals surface area contributed by atoms with Crippen LogP contribution in [0.1, 0.15) is 26.3 Å². The summed E-state index contributed by atoms with van der Waals surface area (Å²) in [4.78, 5) is 28.1. The fourth-order valence-corrected chi connectivity index (χ4v) is 2.39. The van der Waals surface area contributed by atoms with Gasteiger partial charge in [0, 0.05) is 25.7 Å². The summed E-state index contributed by atoms with van der Waals surface area (Å²) in [5.41, 5.74) is 0.791. The number of carbonyl (C=O) groups excluding carboxylic acids is 2. The summed E-state index contributed by atoms with van der Waals surface area (Å²) in [6, 6.07) is 9.85. The molecule has 0 saturated carbocycles. The molecule has 6 nitrogen and oxygen atoms in total. The topological polar surface area (TPSA) is 61.9 Å². The van der Waals surface area contributed by atoms with E-state index in [1.165, 1.54) is 0 Å². The Hall–Kier alpha value is -1.92. The maximum absolute atomic E-state index is 12.6. The van der Waals surface area contributed by atoms with Gasteiger partial charge in [-0.3, -0.25) is 14.5 Å². The summed E-state index contributed by atoms with van der Waals surface area (Å²) in [7, 11) is 3.39. The van der Waals surface area contributed by atoms with Crippen molar-refractivity contribution in [2.75, 3.05) is 40.4 Å². The minimum atomic E-state index is -0.278. The number of rotatable bonds is 9. The van der Waals surface area contributed by atoms with Crippen molar-refractivity contribution in [2.24, 2.45) is 0 Å². The van der Waals surface area contributed by atoms with E-state index in [2.05, 4.69) is 5.32 Å². The lowest BCUT2D eigenvalue weighted by atomic mass is 10.1. The molecule has 0 heterocycles. The molecule has 0 aliphatic heterocycles. The van der Waals surface area contributed by atoms with E-state index >= 15 is 0 Å². The minimum absolute atomic E-state index is 0.0213. The lowest BCUT2D eigenvalue weighted by molar-refractivity contribution is -0.134. The van der Waals surface area contributed by atoms with Gasteiger partial charge in [-0.2, -0.15) is 0 Å². The second-order valence-electron chi connectivity index (χ2n) is 7.26. The van der Waals surface area contributed by atoms with Crippen molar-refractivity contribution in [3.05, 3.63) is 35.9 Å². The molecule has 1 N–H and O–H groups in total. The van der Waals surface area contributed by atoms with E-state index < -0.39 is 0 Å². The first-order valence-electron chi connectivity index (χ1n) is 8.51. The minimum Gasteiger partial charge on any atom is -0.383 e. The maximum Gasteiger partial charge on any atom is 0.237 e. The molecule has 25 heavy (non-hydrogen) atoms. The third-order valence-corrected chi connectivity index (χ3v) is 3.47. The van der Waals surface area contributed by atoms with Gasteiger partial charge in [0.05, 0.1) is 19.7 Å². The number of benzene rings is 1. The van der Waals surface area contributed by atoms with E-state index in [1.807, 2.05) is 51.1 Å². The van der Waals surface area contributed by atoms with Gasteiger partial charge in [0.2, 0.25) is 11.8 Å². The average molecular weight is 349 g/mol. The number of methoxy groups -OCH3 is 1. The first-order chi connectivity index (χ1) is 11.7. The summed E-state index contributed by atoms with van der Waals surface area (Å²) >= 11 is 0. The van der Waals surface area contributed by atoms with Crippen LogP contribution in [0.15, 0.2) is 30.3 Å². The van der Waals surface area contributed by atoms with Crippen LogP contribution in [0.25, 0.3) is 0 Å². The Morgan fingerprint density at radius 1 is 1.12 bits per heavy atom. The zero-order valence-corrected chi connectivity index (χ0v) is 16.0. The predicted molar refractivity (Wildman–Crippen MR) is 99.1 cm³/mol. The van der Waals surface area contributed by atoms with Gasteiger partial charge < -0.3 is 15.0 Å². The van der Waals surface area contributed by atoms with Crippen molar-refractivity contribution in [1.82, 2.24) is 15.1 Å². The molecule has 0 aliphatic carbocycles. The largest absolute Gasteiger partial charge is 0.383 e. The summed E-state index contributed by atoms with van der Waals surface area (Å²) in [5, 5.41) is 2.90. The fourth-order valence-electron chi connectivity index (χ4n) is 2.39. The third-order valence-electron chi connectivity index (χ3n) is 3.47. The van der Waals surface area contributed by atoms with Crippen molar-refractivity contribution in [2.45, 2.75) is 32.9 Å². The van der Waals surface area contributed by atoms with Crippen LogP contribution in [0.3, 0.4) is 0 Å². The fraction of sp³-hybridized carbons (Fsp3) is 0.579. The van der Waals surface area contributed by atoms with E-state index in [1.54, 1.807) is 24.0 Å². The SMILES string of the molecule is COCCN(Cc1ccccc1)C(=O)CN(C)CC(=O)NC(C)(C)C. The van der Waals surface area contributed by atoms with Gasteiger partial charge >= 0.3 is 0 Å². The van der Waals surface area contributed by atoms with Crippen LogP contribution in [-0.2, 0) is 20.9 Å². The standard InChI is InChI=1S/C19H31N3O3/c1-19(2,3)20-17(23)14-21(4)15-18(24)22(11-12-25-5)13-16-9-7-6-8-10-16/h6-10H,11-15H2,1-5H3,(H,20,23). The Kier molecular flexibility index (Phi) is 8.58. The van der Waals surface area contributed by atoms with Crippen LogP contribution in [0, 0.1) is 0 Å². The number of amides is 2. The normalized spacial score (nSPS) is 11.4. The highest BCUT2D eigenvalue weighted by Gasteiger charge is 2.19. The number of ether oxygens (including phenoxy) is 1. The predicted octanol–water partition coefficient (Wildman–Crippen LogP) is 1.51. The Morgan fingerprint density at radius 3 is 2.32 bits per heavy atom. The molecule has 0 bridgehead atoms. The molecule has 140 valence electrons. The number of likely N-dealkylation sites (N-methyl/N-ethyl adjacent to an activating group) is 1. The highest BCUT2D eigenvalue weighted by Crippen LogP contribution is 2.06. The molecule has 1 aromatic carbocycles. The number of carbonyl (C=O) groups is 2. The van der Waals surface area contributed by atoms with Crippen LogP contribution >= 0.6 is 0 Å². The zero-order valence-electron chi connectivity index (χ0n) is 16.0. The Balaban J connectivity index is 2.60. The molecule has 0 aromatic heterocycles. The first-order valence-corrected chi connectivity index (χ1v) is 8.51. The smallest absolute Gasteiger partial charge is 0.237 e. The van der Waals surface area contributed by atoms with E-state index in [0.717, 1.165) is 5.56 Å². The quantitative estimate of drug-likeness (QED) is 0.734. The highest BCUT2D eigenvalue weighted by atomic mass is 16.5. The lowest BCUT2D eigenvalue weighted by Gasteiger charge is -2.26. The number of nitrogens with zero attached hydrogens (tertiary/aromatic N) is 2. The monoisotopic (exact) mass is 349 g/mol. The average Bonchev–Trinajstić information content (AvgIpc) is 2.50. The molecule has 0 atom stereocenters. The molecule has 1 rings (SSSR count). The molecule has 0 radical (unpaired) electrons. The van der Waals surface area contributed by atoms with Crippen LogP contribution in [-0.4, -0.2) is 67.6 Å². The van der Waals surface area contributed by atoms with E-state index in [0.29, 0.717) is 19.7 Å². The second kappa shape index (κ2) is 10.2. The maximum atomic E-state index is 12.6. The highest BCUT2D eigenvalue weighted by molar-refractivity contribution is 5.81. The third kappa shape index (κ3) is 9.22. The van der Waals surface area contributed by atoms with Crippen molar-refractivity contribution in [1.29, 1.82) is 0 Å². The molecule has 2 amide bonds. The summed E-state index contributed by atoms with van der Waals surface area (Å²) < 4.78 is 5.11. The number of hydrogen-bond acceptors (Lipinski definition) is 4. The molecular weight excluding hydrogens is 318 g/mol. The van der Waals surface area contributed by atoms with Crippen molar-refractivity contribution in [3.63, 3.8) is 0 Å². The van der Waals surface area contributed by atoms with E-state index in [4.69, 9.17) is 4.74 Å². The molecule has 6 heteroatoms. The molecule has 0 fully saturated rings. The first kappa shape index (κ1) is 21.1. The van der Waals surface area contributed by atoms with Gasteiger partial charge in [0.1, 0.15) is 0 Å². The lowest BCUT2D eigenvalue weighted by Crippen LogP contribution is -2.47. The molecule has 0 unspecified atom stereocenters. The van der Waals surface area contributed by atoms with Gasteiger partial charge in [-0.25, -0.2) is 0 Å². The van der Waals surface area contributed by atoms with Gasteiger partial charge in [-0.05, 0) is 33.4 Å². The number of nitrogens with one attached hydrogen (secondary N) is 1. The zero-order chi connectivity index (χ0) is 18.9. The number of hydrogen-bond donors (Lipinski definition) is 1. The van der Waals surface area contributed by atoms with Crippen molar-refractivity contribution >= 4 is 11.8 Å². The van der Waals surface area contributed by atoms with Gasteiger partial charge in [0.25, 0.3) is 0 Å². The molecule has 1 aromatic rings. The van der Waals surface area contributed by atoms with Gasteiger partial charge in [-0.1, -0.05) is 30.3 Å². The van der Waals surface area contributed by atoms with E-state index in [-0.39, 0.29) is 30.4 Å². The Bertz CT molecular complexity index is 541. The Morgan fingerprint density at radius 2 is 1.76 bits per heavy atom. The van der Waals surface area contributed by atoms with Crippen LogP contribution in [0.4, 0.5) is 0 Å². The van der Waals surface area contributed by atoms with Crippen LogP contribution in [0.5, 0.6) is 0 Å². The molecule has 0 saturated heterocycles.